The normalized spacial score (nSPS) is 14.5. The molecule has 1 aliphatic rings. The number of hydrogen-bond acceptors (Lipinski definition) is 4. The summed E-state index contributed by atoms with van der Waals surface area (Å²) in [6, 6.07) is 13.0. The van der Waals surface area contributed by atoms with Crippen LogP contribution in [0.3, 0.4) is 0 Å². The van der Waals surface area contributed by atoms with Gasteiger partial charge in [-0.25, -0.2) is 8.42 Å². The average Bonchev–Trinajstić information content (AvgIpc) is 2.75. The van der Waals surface area contributed by atoms with E-state index in [1.54, 1.807) is 24.3 Å². The van der Waals surface area contributed by atoms with Crippen molar-refractivity contribution in [3.05, 3.63) is 59.2 Å². The Morgan fingerprint density at radius 1 is 1.06 bits per heavy atom. The van der Waals surface area contributed by atoms with Crippen LogP contribution in [0.4, 0.5) is 5.69 Å². The zero-order chi connectivity index (χ0) is 23.3. The molecule has 2 aromatic carbocycles. The van der Waals surface area contributed by atoms with E-state index in [0.717, 1.165) is 35.4 Å². The molecule has 6 nitrogen and oxygen atoms in total. The molecule has 0 heterocycles. The number of anilines is 1. The molecule has 0 spiro atoms. The van der Waals surface area contributed by atoms with Crippen molar-refractivity contribution in [1.82, 2.24) is 5.32 Å². The third-order valence-electron chi connectivity index (χ3n) is 5.70. The maximum absolute atomic E-state index is 12.9. The Hall–Kier alpha value is -2.54. The van der Waals surface area contributed by atoms with Crippen LogP contribution in [-0.2, 0) is 27.7 Å². The molecule has 2 aromatic rings. The van der Waals surface area contributed by atoms with E-state index < -0.39 is 10.0 Å². The van der Waals surface area contributed by atoms with Crippen LogP contribution in [0.25, 0.3) is 0 Å². The van der Waals surface area contributed by atoms with Gasteiger partial charge in [0.25, 0.3) is 0 Å². The zero-order valence-corrected chi connectivity index (χ0v) is 20.2. The lowest BCUT2D eigenvalue weighted by molar-refractivity contribution is -0.120. The van der Waals surface area contributed by atoms with Crippen molar-refractivity contribution < 1.29 is 17.9 Å². The smallest absolute Gasteiger partial charge is 0.241 e. The maximum Gasteiger partial charge on any atom is 0.241 e. The van der Waals surface area contributed by atoms with Gasteiger partial charge >= 0.3 is 0 Å². The molecule has 0 saturated heterocycles. The van der Waals surface area contributed by atoms with E-state index >= 15 is 0 Å². The predicted octanol–water partition coefficient (Wildman–Crippen LogP) is 4.39. The van der Waals surface area contributed by atoms with E-state index in [1.807, 2.05) is 20.8 Å². The van der Waals surface area contributed by atoms with Crippen molar-refractivity contribution in [3.63, 3.8) is 0 Å². The van der Waals surface area contributed by atoms with E-state index in [0.29, 0.717) is 11.4 Å². The first kappa shape index (κ1) is 24.1. The summed E-state index contributed by atoms with van der Waals surface area (Å²) in [5, 5.41) is 3.03. The Kier molecular flexibility index (Phi) is 7.82. The first-order valence-corrected chi connectivity index (χ1v) is 13.2. The lowest BCUT2D eigenvalue weighted by Gasteiger charge is -2.25. The van der Waals surface area contributed by atoms with E-state index in [1.165, 1.54) is 24.0 Å². The number of ether oxygens (including phenoxy) is 1. The van der Waals surface area contributed by atoms with Crippen LogP contribution in [0.5, 0.6) is 5.75 Å². The van der Waals surface area contributed by atoms with Gasteiger partial charge in [0.1, 0.15) is 12.3 Å². The van der Waals surface area contributed by atoms with Gasteiger partial charge in [0, 0.05) is 0 Å². The molecule has 1 amide bonds. The summed E-state index contributed by atoms with van der Waals surface area (Å²) >= 11 is 0. The van der Waals surface area contributed by atoms with Gasteiger partial charge in [0.15, 0.2) is 0 Å². The number of carbonyl (C=O) groups is 1. The number of amides is 1. The Morgan fingerprint density at radius 2 is 1.72 bits per heavy atom. The molecular formula is C25H34N2O4S. The Balaban J connectivity index is 1.73. The van der Waals surface area contributed by atoms with Gasteiger partial charge in [-0.3, -0.25) is 9.10 Å². The Labute approximate surface area is 192 Å². The largest absolute Gasteiger partial charge is 0.491 e. The summed E-state index contributed by atoms with van der Waals surface area (Å²) in [6.07, 6.45) is 6.47. The molecule has 1 atom stereocenters. The number of nitrogens with one attached hydrogen (secondary N) is 1. The van der Waals surface area contributed by atoms with Gasteiger partial charge in [-0.1, -0.05) is 25.1 Å². The van der Waals surface area contributed by atoms with Gasteiger partial charge in [-0.15, -0.1) is 0 Å². The fraction of sp³-hybridized carbons (Fsp3) is 0.480. The van der Waals surface area contributed by atoms with Crippen LogP contribution >= 0.6 is 0 Å². The molecular weight excluding hydrogens is 424 g/mol. The number of hydrogen-bond donors (Lipinski definition) is 1. The highest BCUT2D eigenvalue weighted by atomic mass is 32.2. The second-order valence-corrected chi connectivity index (χ2v) is 10.6. The summed E-state index contributed by atoms with van der Waals surface area (Å²) in [7, 11) is -3.64. The molecule has 3 rings (SSSR count). The lowest BCUT2D eigenvalue weighted by Crippen LogP contribution is -2.41. The molecule has 32 heavy (non-hydrogen) atoms. The standard InChI is InChI=1S/C25H34N2O4S/c1-5-24(21-11-10-19-8-6-7-9-20(19)16-21)26-25(28)17-27(32(4,29)30)22-12-14-23(15-13-22)31-18(2)3/h10-16,18,24H,5-9,17H2,1-4H3,(H,26,28)/t24-/m1/s1. The molecule has 0 bridgehead atoms. The highest BCUT2D eigenvalue weighted by Gasteiger charge is 2.23. The van der Waals surface area contributed by atoms with Crippen LogP contribution < -0.4 is 14.4 Å². The predicted molar refractivity (Wildman–Crippen MR) is 129 cm³/mol. The van der Waals surface area contributed by atoms with Gasteiger partial charge in [0.05, 0.1) is 24.1 Å². The van der Waals surface area contributed by atoms with Crippen molar-refractivity contribution >= 4 is 21.6 Å². The molecule has 0 aliphatic heterocycles. The quantitative estimate of drug-likeness (QED) is 0.605. The summed E-state index contributed by atoms with van der Waals surface area (Å²) in [5.74, 6) is 0.322. The number of rotatable bonds is 9. The number of nitrogens with zero attached hydrogens (tertiary/aromatic N) is 1. The molecule has 0 saturated carbocycles. The highest BCUT2D eigenvalue weighted by molar-refractivity contribution is 7.92. The number of carbonyl (C=O) groups excluding carboxylic acids is 1. The topological polar surface area (TPSA) is 75.7 Å². The number of aryl methyl sites for hydroxylation is 2. The molecule has 0 fully saturated rings. The monoisotopic (exact) mass is 458 g/mol. The summed E-state index contributed by atoms with van der Waals surface area (Å²) < 4.78 is 31.6. The van der Waals surface area contributed by atoms with Crippen LogP contribution in [0.15, 0.2) is 42.5 Å². The van der Waals surface area contributed by atoms with Crippen LogP contribution in [0, 0.1) is 0 Å². The van der Waals surface area contributed by atoms with Crippen molar-refractivity contribution in [2.45, 2.75) is 65.0 Å². The van der Waals surface area contributed by atoms with Crippen molar-refractivity contribution in [2.24, 2.45) is 0 Å². The van der Waals surface area contributed by atoms with E-state index in [2.05, 4.69) is 23.5 Å². The molecule has 0 radical (unpaired) electrons. The molecule has 7 heteroatoms. The van der Waals surface area contributed by atoms with E-state index in [4.69, 9.17) is 4.74 Å². The minimum Gasteiger partial charge on any atom is -0.491 e. The number of benzene rings is 2. The van der Waals surface area contributed by atoms with Crippen molar-refractivity contribution in [3.8, 4) is 5.75 Å². The molecule has 0 unspecified atom stereocenters. The number of fused-ring (bicyclic) bond motifs is 1. The second-order valence-electron chi connectivity index (χ2n) is 8.69. The molecule has 1 aliphatic carbocycles. The van der Waals surface area contributed by atoms with E-state index in [9.17, 15) is 13.2 Å². The van der Waals surface area contributed by atoms with Gasteiger partial charge in [-0.05, 0) is 86.9 Å². The summed E-state index contributed by atoms with van der Waals surface area (Å²) in [5.41, 5.74) is 4.26. The van der Waals surface area contributed by atoms with Crippen molar-refractivity contribution in [1.29, 1.82) is 0 Å². The van der Waals surface area contributed by atoms with E-state index in [-0.39, 0.29) is 24.6 Å². The zero-order valence-electron chi connectivity index (χ0n) is 19.4. The Morgan fingerprint density at radius 3 is 2.31 bits per heavy atom. The highest BCUT2D eigenvalue weighted by Crippen LogP contribution is 2.26. The third kappa shape index (κ3) is 6.25. The minimum absolute atomic E-state index is 0.0206. The van der Waals surface area contributed by atoms with Gasteiger partial charge in [-0.2, -0.15) is 0 Å². The van der Waals surface area contributed by atoms with Crippen LogP contribution in [0.1, 0.15) is 62.8 Å². The van der Waals surface area contributed by atoms with Gasteiger partial charge < -0.3 is 10.1 Å². The first-order valence-electron chi connectivity index (χ1n) is 11.3. The minimum atomic E-state index is -3.64. The Bertz CT molecular complexity index is 1030. The third-order valence-corrected chi connectivity index (χ3v) is 6.84. The second kappa shape index (κ2) is 10.4. The molecule has 0 aromatic heterocycles. The van der Waals surface area contributed by atoms with Crippen LogP contribution in [0.2, 0.25) is 0 Å². The summed E-state index contributed by atoms with van der Waals surface area (Å²) in [6.45, 7) is 5.60. The lowest BCUT2D eigenvalue weighted by atomic mass is 9.89. The first-order chi connectivity index (χ1) is 15.2. The fourth-order valence-electron chi connectivity index (χ4n) is 4.12. The average molecular weight is 459 g/mol. The molecule has 174 valence electrons. The summed E-state index contributed by atoms with van der Waals surface area (Å²) in [4.78, 5) is 12.9. The van der Waals surface area contributed by atoms with Crippen molar-refractivity contribution in [2.75, 3.05) is 17.1 Å². The fourth-order valence-corrected chi connectivity index (χ4v) is 4.98. The van der Waals surface area contributed by atoms with Crippen LogP contribution in [-0.4, -0.2) is 33.2 Å². The SMILES string of the molecule is CC[C@@H](NC(=O)CN(c1ccc(OC(C)C)cc1)S(C)(=O)=O)c1ccc2c(c1)CCCC2. The number of sulfonamides is 1. The van der Waals surface area contributed by atoms with Gasteiger partial charge in [0.2, 0.25) is 15.9 Å². The molecule has 1 N–H and O–H groups in total. The maximum atomic E-state index is 12.9.